The smallest absolute Gasteiger partial charge is 0.422 e. The summed E-state index contributed by atoms with van der Waals surface area (Å²) in [6.45, 7) is 2.65. The zero-order valence-electron chi connectivity index (χ0n) is 14.9. The van der Waals surface area contributed by atoms with Crippen LogP contribution in [0.15, 0.2) is 73.4 Å². The molecule has 1 aromatic heterocycles. The van der Waals surface area contributed by atoms with Crippen LogP contribution in [0.4, 0.5) is 13.2 Å². The molecule has 0 radical (unpaired) electrons. The molecule has 1 heterocycles. The molecule has 0 spiro atoms. The summed E-state index contributed by atoms with van der Waals surface area (Å²) in [5.41, 5.74) is 2.94. The molecule has 144 valence electrons. The van der Waals surface area contributed by atoms with Gasteiger partial charge in [0, 0.05) is 23.4 Å². The number of benzene rings is 2. The van der Waals surface area contributed by atoms with Crippen molar-refractivity contribution in [3.05, 3.63) is 84.6 Å². The number of rotatable bonds is 7. The van der Waals surface area contributed by atoms with E-state index in [4.69, 9.17) is 9.47 Å². The van der Waals surface area contributed by atoms with E-state index in [0.717, 1.165) is 11.1 Å². The number of nitrogens with zero attached hydrogens (tertiary/aromatic N) is 1. The fraction of sp³-hybridized carbons (Fsp3) is 0.136. The molecule has 3 aromatic rings. The van der Waals surface area contributed by atoms with Gasteiger partial charge in [0.25, 0.3) is 0 Å². The minimum atomic E-state index is -4.41. The molecule has 0 aliphatic heterocycles. The average Bonchev–Trinajstić information content (AvgIpc) is 2.71. The third kappa shape index (κ3) is 5.36. The molecular weight excluding hydrogens is 367 g/mol. The molecule has 0 aliphatic rings. The summed E-state index contributed by atoms with van der Waals surface area (Å²) in [7, 11) is 0. The van der Waals surface area contributed by atoms with E-state index in [2.05, 4.69) is 11.6 Å². The Morgan fingerprint density at radius 2 is 1.68 bits per heavy atom. The summed E-state index contributed by atoms with van der Waals surface area (Å²) in [4.78, 5) is 4.26. The largest absolute Gasteiger partial charge is 0.483 e. The lowest BCUT2D eigenvalue weighted by atomic mass is 10.0. The van der Waals surface area contributed by atoms with Crippen molar-refractivity contribution in [1.29, 1.82) is 0 Å². The SMILES string of the molecule is C=Cc1ccc(-c2ccc(OCc3ccccc3)nc2)cc1OCC(F)(F)F. The number of ether oxygens (including phenoxy) is 2. The lowest BCUT2D eigenvalue weighted by Crippen LogP contribution is -2.19. The highest BCUT2D eigenvalue weighted by molar-refractivity contribution is 5.69. The number of hydrogen-bond acceptors (Lipinski definition) is 3. The first-order chi connectivity index (χ1) is 13.4. The van der Waals surface area contributed by atoms with Crippen LogP contribution < -0.4 is 9.47 Å². The maximum atomic E-state index is 12.5. The lowest BCUT2D eigenvalue weighted by Gasteiger charge is -2.13. The predicted octanol–water partition coefficient (Wildman–Crippen LogP) is 5.91. The molecule has 0 atom stereocenters. The summed E-state index contributed by atoms with van der Waals surface area (Å²) in [6, 6.07) is 18.2. The van der Waals surface area contributed by atoms with Gasteiger partial charge in [-0.25, -0.2) is 4.98 Å². The molecule has 3 nitrogen and oxygen atoms in total. The van der Waals surface area contributed by atoms with Crippen LogP contribution in [0.5, 0.6) is 11.6 Å². The monoisotopic (exact) mass is 385 g/mol. The normalized spacial score (nSPS) is 11.1. The van der Waals surface area contributed by atoms with E-state index in [0.29, 0.717) is 23.6 Å². The lowest BCUT2D eigenvalue weighted by molar-refractivity contribution is -0.153. The van der Waals surface area contributed by atoms with E-state index in [9.17, 15) is 13.2 Å². The van der Waals surface area contributed by atoms with E-state index >= 15 is 0 Å². The highest BCUT2D eigenvalue weighted by Crippen LogP contribution is 2.30. The van der Waals surface area contributed by atoms with Crippen LogP contribution >= 0.6 is 0 Å². The Morgan fingerprint density at radius 1 is 0.929 bits per heavy atom. The van der Waals surface area contributed by atoms with Gasteiger partial charge in [-0.3, -0.25) is 0 Å². The van der Waals surface area contributed by atoms with E-state index in [1.165, 1.54) is 6.08 Å². The van der Waals surface area contributed by atoms with E-state index < -0.39 is 12.8 Å². The van der Waals surface area contributed by atoms with Crippen LogP contribution in [0.1, 0.15) is 11.1 Å². The van der Waals surface area contributed by atoms with Gasteiger partial charge in [0.1, 0.15) is 12.4 Å². The maximum absolute atomic E-state index is 12.5. The minimum absolute atomic E-state index is 0.120. The summed E-state index contributed by atoms with van der Waals surface area (Å²) in [5, 5.41) is 0. The van der Waals surface area contributed by atoms with Crippen LogP contribution in [0.2, 0.25) is 0 Å². The average molecular weight is 385 g/mol. The van der Waals surface area contributed by atoms with Crippen molar-refractivity contribution in [3.8, 4) is 22.8 Å². The topological polar surface area (TPSA) is 31.4 Å². The van der Waals surface area contributed by atoms with E-state index in [1.807, 2.05) is 30.3 Å². The second kappa shape index (κ2) is 8.61. The van der Waals surface area contributed by atoms with Crippen LogP contribution in [0, 0.1) is 0 Å². The summed E-state index contributed by atoms with van der Waals surface area (Å²) < 4.78 is 48.0. The van der Waals surface area contributed by atoms with Gasteiger partial charge < -0.3 is 9.47 Å². The van der Waals surface area contributed by atoms with Gasteiger partial charge in [0.15, 0.2) is 6.61 Å². The highest BCUT2D eigenvalue weighted by atomic mass is 19.4. The quantitative estimate of drug-likeness (QED) is 0.507. The second-order valence-corrected chi connectivity index (χ2v) is 6.02. The molecule has 28 heavy (non-hydrogen) atoms. The number of pyridine rings is 1. The molecule has 0 bridgehead atoms. The Labute approximate surface area is 161 Å². The predicted molar refractivity (Wildman–Crippen MR) is 102 cm³/mol. The number of alkyl halides is 3. The van der Waals surface area contributed by atoms with Gasteiger partial charge in [-0.05, 0) is 23.3 Å². The van der Waals surface area contributed by atoms with Crippen LogP contribution in [0.3, 0.4) is 0 Å². The van der Waals surface area contributed by atoms with Crippen molar-refractivity contribution in [2.45, 2.75) is 12.8 Å². The Morgan fingerprint density at radius 3 is 2.32 bits per heavy atom. The Kier molecular flexibility index (Phi) is 5.99. The standard InChI is InChI=1S/C22H18F3NO2/c1-2-17-8-9-18(12-20(17)28-15-22(23,24)25)19-10-11-21(26-13-19)27-14-16-6-4-3-5-7-16/h2-13H,1,14-15H2. The summed E-state index contributed by atoms with van der Waals surface area (Å²) >= 11 is 0. The molecule has 0 N–H and O–H groups in total. The van der Waals surface area contributed by atoms with Gasteiger partial charge in [-0.15, -0.1) is 0 Å². The molecule has 0 saturated heterocycles. The molecule has 0 saturated carbocycles. The first kappa shape index (κ1) is 19.5. The number of halogens is 3. The van der Waals surface area contributed by atoms with Crippen molar-refractivity contribution in [2.24, 2.45) is 0 Å². The van der Waals surface area contributed by atoms with Crippen LogP contribution in [0.25, 0.3) is 17.2 Å². The Hall–Kier alpha value is -3.28. The minimum Gasteiger partial charge on any atom is -0.483 e. The molecule has 6 heteroatoms. The third-order valence-electron chi connectivity index (χ3n) is 3.92. The second-order valence-electron chi connectivity index (χ2n) is 6.02. The molecule has 0 amide bonds. The zero-order chi connectivity index (χ0) is 20.0. The van der Waals surface area contributed by atoms with E-state index in [1.54, 1.807) is 36.5 Å². The van der Waals surface area contributed by atoms with Crippen molar-refractivity contribution in [1.82, 2.24) is 4.98 Å². The Bertz CT molecular complexity index is 923. The number of hydrogen-bond donors (Lipinski definition) is 0. The fourth-order valence-electron chi connectivity index (χ4n) is 2.54. The molecule has 0 fully saturated rings. The van der Waals surface area contributed by atoms with Gasteiger partial charge in [0.05, 0.1) is 0 Å². The molecule has 2 aromatic carbocycles. The molecular formula is C22H18F3NO2. The van der Waals surface area contributed by atoms with Crippen molar-refractivity contribution in [2.75, 3.05) is 6.61 Å². The van der Waals surface area contributed by atoms with Gasteiger partial charge in [0.2, 0.25) is 5.88 Å². The fourth-order valence-corrected chi connectivity index (χ4v) is 2.54. The van der Waals surface area contributed by atoms with Crippen molar-refractivity contribution in [3.63, 3.8) is 0 Å². The zero-order valence-corrected chi connectivity index (χ0v) is 14.9. The highest BCUT2D eigenvalue weighted by Gasteiger charge is 2.28. The molecule has 0 aliphatic carbocycles. The Balaban J connectivity index is 1.73. The summed E-state index contributed by atoms with van der Waals surface area (Å²) in [5.74, 6) is 0.582. The summed E-state index contributed by atoms with van der Waals surface area (Å²) in [6.07, 6.45) is -1.35. The third-order valence-corrected chi connectivity index (χ3v) is 3.92. The molecule has 3 rings (SSSR count). The van der Waals surface area contributed by atoms with Crippen molar-refractivity contribution < 1.29 is 22.6 Å². The van der Waals surface area contributed by atoms with Crippen LogP contribution in [-0.4, -0.2) is 17.8 Å². The van der Waals surface area contributed by atoms with E-state index in [-0.39, 0.29) is 5.75 Å². The number of aromatic nitrogens is 1. The van der Waals surface area contributed by atoms with Gasteiger partial charge in [-0.2, -0.15) is 13.2 Å². The maximum Gasteiger partial charge on any atom is 0.422 e. The van der Waals surface area contributed by atoms with Gasteiger partial charge >= 0.3 is 6.18 Å². The van der Waals surface area contributed by atoms with Crippen LogP contribution in [-0.2, 0) is 6.61 Å². The van der Waals surface area contributed by atoms with Crippen molar-refractivity contribution >= 4 is 6.08 Å². The van der Waals surface area contributed by atoms with Gasteiger partial charge in [-0.1, -0.05) is 55.1 Å². The first-order valence-electron chi connectivity index (χ1n) is 8.54. The molecule has 0 unspecified atom stereocenters. The first-order valence-corrected chi connectivity index (χ1v) is 8.54.